The summed E-state index contributed by atoms with van der Waals surface area (Å²) in [6.07, 6.45) is 4.11. The summed E-state index contributed by atoms with van der Waals surface area (Å²) < 4.78 is 5.43. The third kappa shape index (κ3) is 3.16. The van der Waals surface area contributed by atoms with Gasteiger partial charge in [-0.25, -0.2) is 0 Å². The zero-order chi connectivity index (χ0) is 11.3. The molecule has 1 rings (SSSR count). The van der Waals surface area contributed by atoms with Gasteiger partial charge in [0.05, 0.1) is 6.10 Å². The fraction of sp³-hybridized carbons (Fsp3) is 1.00. The molecule has 1 saturated carbocycles. The molecule has 1 aliphatic carbocycles. The van der Waals surface area contributed by atoms with Crippen molar-refractivity contribution in [1.82, 2.24) is 10.6 Å². The van der Waals surface area contributed by atoms with E-state index in [1.54, 1.807) is 0 Å². The molecule has 0 saturated heterocycles. The molecular weight excluding hydrogens is 188 g/mol. The van der Waals surface area contributed by atoms with E-state index in [9.17, 15) is 0 Å². The number of ether oxygens (including phenoxy) is 1. The molecule has 0 aromatic heterocycles. The van der Waals surface area contributed by atoms with Gasteiger partial charge in [-0.05, 0) is 39.4 Å². The van der Waals surface area contributed by atoms with Gasteiger partial charge in [-0.3, -0.25) is 0 Å². The highest BCUT2D eigenvalue weighted by atomic mass is 16.5. The van der Waals surface area contributed by atoms with Crippen LogP contribution in [-0.2, 0) is 4.74 Å². The van der Waals surface area contributed by atoms with E-state index < -0.39 is 0 Å². The lowest BCUT2D eigenvalue weighted by atomic mass is 9.64. The van der Waals surface area contributed by atoms with Gasteiger partial charge in [0.2, 0.25) is 0 Å². The molecule has 2 unspecified atom stereocenters. The average Bonchev–Trinajstić information content (AvgIpc) is 2.21. The van der Waals surface area contributed by atoms with Gasteiger partial charge in [-0.15, -0.1) is 0 Å². The summed E-state index contributed by atoms with van der Waals surface area (Å²) in [7, 11) is 3.82. The highest BCUT2D eigenvalue weighted by Gasteiger charge is 2.47. The number of hydrogen-bond donors (Lipinski definition) is 2. The molecule has 0 amide bonds. The number of unbranched alkanes of at least 4 members (excludes halogenated alkanes) is 1. The van der Waals surface area contributed by atoms with Crippen molar-refractivity contribution >= 4 is 0 Å². The molecule has 0 aromatic rings. The molecule has 3 nitrogen and oxygen atoms in total. The first-order valence-electron chi connectivity index (χ1n) is 6.03. The molecule has 90 valence electrons. The molecule has 3 heteroatoms. The lowest BCUT2D eigenvalue weighted by Gasteiger charge is -2.51. The summed E-state index contributed by atoms with van der Waals surface area (Å²) in [6, 6.07) is 0.636. The summed E-state index contributed by atoms with van der Waals surface area (Å²) in [5, 5.41) is 6.79. The van der Waals surface area contributed by atoms with Crippen LogP contribution < -0.4 is 10.6 Å². The van der Waals surface area contributed by atoms with Gasteiger partial charge in [-0.1, -0.05) is 13.8 Å². The van der Waals surface area contributed by atoms with E-state index in [2.05, 4.69) is 24.5 Å². The van der Waals surface area contributed by atoms with Crippen LogP contribution in [0, 0.1) is 5.41 Å². The van der Waals surface area contributed by atoms with Crippen LogP contribution >= 0.6 is 0 Å². The minimum absolute atomic E-state index is 0.303. The Balaban J connectivity index is 2.08. The molecule has 2 atom stereocenters. The highest BCUT2D eigenvalue weighted by molar-refractivity contribution is 5.02. The lowest BCUT2D eigenvalue weighted by Crippen LogP contribution is -2.60. The van der Waals surface area contributed by atoms with Crippen molar-refractivity contribution in [1.29, 1.82) is 0 Å². The molecule has 0 aromatic carbocycles. The minimum atomic E-state index is 0.303. The number of hydrogen-bond acceptors (Lipinski definition) is 3. The second-order valence-electron chi connectivity index (χ2n) is 5.10. The first kappa shape index (κ1) is 12.9. The largest absolute Gasteiger partial charge is 0.381 e. The summed E-state index contributed by atoms with van der Waals surface area (Å²) >= 11 is 0. The normalized spacial score (nSPS) is 28.8. The maximum absolute atomic E-state index is 5.43. The molecule has 0 spiro atoms. The van der Waals surface area contributed by atoms with E-state index in [0.717, 1.165) is 19.5 Å². The van der Waals surface area contributed by atoms with Crippen molar-refractivity contribution in [2.45, 2.75) is 45.3 Å². The van der Waals surface area contributed by atoms with Crippen LogP contribution in [0.5, 0.6) is 0 Å². The van der Waals surface area contributed by atoms with Gasteiger partial charge in [-0.2, -0.15) is 0 Å². The van der Waals surface area contributed by atoms with Crippen molar-refractivity contribution in [3.05, 3.63) is 0 Å². The van der Waals surface area contributed by atoms with E-state index in [-0.39, 0.29) is 0 Å². The second-order valence-corrected chi connectivity index (χ2v) is 5.10. The third-order valence-electron chi connectivity index (χ3n) is 3.71. The smallest absolute Gasteiger partial charge is 0.0652 e. The molecule has 2 N–H and O–H groups in total. The summed E-state index contributed by atoms with van der Waals surface area (Å²) in [5.41, 5.74) is 0.303. The van der Waals surface area contributed by atoms with E-state index >= 15 is 0 Å². The average molecular weight is 214 g/mol. The fourth-order valence-electron chi connectivity index (χ4n) is 2.33. The summed E-state index contributed by atoms with van der Waals surface area (Å²) in [5.74, 6) is 0. The molecular formula is C12H26N2O. The van der Waals surface area contributed by atoms with Gasteiger partial charge in [0.25, 0.3) is 0 Å². The third-order valence-corrected chi connectivity index (χ3v) is 3.71. The molecule has 0 radical (unpaired) electrons. The van der Waals surface area contributed by atoms with Gasteiger partial charge < -0.3 is 15.4 Å². The minimum Gasteiger partial charge on any atom is -0.381 e. The molecule has 0 heterocycles. The van der Waals surface area contributed by atoms with E-state index in [4.69, 9.17) is 4.74 Å². The highest BCUT2D eigenvalue weighted by Crippen LogP contribution is 2.42. The predicted octanol–water partition coefficient (Wildman–Crippen LogP) is 1.39. The maximum Gasteiger partial charge on any atom is 0.0652 e. The van der Waals surface area contributed by atoms with Crippen LogP contribution in [-0.4, -0.2) is 39.4 Å². The van der Waals surface area contributed by atoms with Crippen LogP contribution in [0.3, 0.4) is 0 Å². The van der Waals surface area contributed by atoms with Crippen molar-refractivity contribution < 1.29 is 4.74 Å². The molecule has 0 aliphatic heterocycles. The van der Waals surface area contributed by atoms with E-state index in [0.29, 0.717) is 17.6 Å². The second kappa shape index (κ2) is 5.83. The zero-order valence-corrected chi connectivity index (χ0v) is 10.6. The van der Waals surface area contributed by atoms with Crippen LogP contribution in [0.25, 0.3) is 0 Å². The van der Waals surface area contributed by atoms with Crippen molar-refractivity contribution in [2.24, 2.45) is 5.41 Å². The Labute approximate surface area is 94.0 Å². The number of methoxy groups -OCH3 is 1. The Morgan fingerprint density at radius 2 is 1.93 bits per heavy atom. The monoisotopic (exact) mass is 214 g/mol. The van der Waals surface area contributed by atoms with E-state index in [1.165, 1.54) is 12.8 Å². The fourth-order valence-corrected chi connectivity index (χ4v) is 2.33. The standard InChI is InChI=1S/C12H26N2O/c1-12(2)10(9-11(12)15-4)14-8-6-5-7-13-3/h10-11,13-14H,5-9H2,1-4H3. The van der Waals surface area contributed by atoms with Crippen LogP contribution in [0.1, 0.15) is 33.1 Å². The Kier molecular flexibility index (Phi) is 5.03. The van der Waals surface area contributed by atoms with E-state index in [1.807, 2.05) is 14.2 Å². The predicted molar refractivity (Wildman–Crippen MR) is 64.1 cm³/mol. The number of rotatable bonds is 7. The molecule has 0 bridgehead atoms. The zero-order valence-electron chi connectivity index (χ0n) is 10.6. The Hall–Kier alpha value is -0.120. The van der Waals surface area contributed by atoms with Gasteiger partial charge in [0.1, 0.15) is 0 Å². The summed E-state index contributed by atoms with van der Waals surface area (Å²) in [4.78, 5) is 0. The lowest BCUT2D eigenvalue weighted by molar-refractivity contribution is -0.0972. The summed E-state index contributed by atoms with van der Waals surface area (Å²) in [6.45, 7) is 6.83. The Morgan fingerprint density at radius 3 is 2.47 bits per heavy atom. The van der Waals surface area contributed by atoms with Crippen LogP contribution in [0.15, 0.2) is 0 Å². The number of nitrogens with one attached hydrogen (secondary N) is 2. The topological polar surface area (TPSA) is 33.3 Å². The van der Waals surface area contributed by atoms with Crippen molar-refractivity contribution in [3.8, 4) is 0 Å². The molecule has 1 fully saturated rings. The van der Waals surface area contributed by atoms with Crippen LogP contribution in [0.4, 0.5) is 0 Å². The molecule has 1 aliphatic rings. The maximum atomic E-state index is 5.43. The first-order chi connectivity index (χ1) is 7.12. The Morgan fingerprint density at radius 1 is 1.27 bits per heavy atom. The Bertz CT molecular complexity index is 182. The van der Waals surface area contributed by atoms with Gasteiger partial charge in [0.15, 0.2) is 0 Å². The van der Waals surface area contributed by atoms with Gasteiger partial charge >= 0.3 is 0 Å². The van der Waals surface area contributed by atoms with Crippen molar-refractivity contribution in [3.63, 3.8) is 0 Å². The first-order valence-corrected chi connectivity index (χ1v) is 6.03. The molecule has 15 heavy (non-hydrogen) atoms. The van der Waals surface area contributed by atoms with Crippen molar-refractivity contribution in [2.75, 3.05) is 27.2 Å². The quantitative estimate of drug-likeness (QED) is 0.628. The van der Waals surface area contributed by atoms with Crippen LogP contribution in [0.2, 0.25) is 0 Å². The van der Waals surface area contributed by atoms with Gasteiger partial charge in [0, 0.05) is 18.6 Å². The SMILES string of the molecule is CNCCCCNC1CC(OC)C1(C)C.